The summed E-state index contributed by atoms with van der Waals surface area (Å²) in [5, 5.41) is 0. The first-order valence-corrected chi connectivity index (χ1v) is 7.79. The van der Waals surface area contributed by atoms with E-state index in [1.807, 2.05) is 0 Å². The maximum absolute atomic E-state index is 11.7. The minimum Gasteiger partial charge on any atom is -0.392 e. The van der Waals surface area contributed by atoms with Crippen LogP contribution in [0.4, 0.5) is 0 Å². The van der Waals surface area contributed by atoms with Crippen LogP contribution in [0.15, 0.2) is 0 Å². The van der Waals surface area contributed by atoms with E-state index in [-0.39, 0.29) is 16.8 Å². The van der Waals surface area contributed by atoms with Crippen molar-refractivity contribution in [1.29, 1.82) is 0 Å². The van der Waals surface area contributed by atoms with E-state index in [1.54, 1.807) is 0 Å². The van der Waals surface area contributed by atoms with Crippen molar-refractivity contribution < 1.29 is 8.42 Å². The molecule has 2 unspecified atom stereocenters. The molecule has 0 radical (unpaired) electrons. The van der Waals surface area contributed by atoms with E-state index < -0.39 is 10.0 Å². The fourth-order valence-electron chi connectivity index (χ4n) is 2.31. The molecule has 0 aromatic heterocycles. The van der Waals surface area contributed by atoms with Crippen molar-refractivity contribution in [3.05, 3.63) is 0 Å². The highest BCUT2D eigenvalue weighted by molar-refractivity contribution is 7.92. The Kier molecular flexibility index (Phi) is 5.14. The second-order valence-corrected chi connectivity index (χ2v) is 6.68. The Labute approximate surface area is 103 Å². The molecule has 0 spiro atoms. The molecule has 1 fully saturated rings. The molecule has 2 atom stereocenters. The lowest BCUT2D eigenvalue weighted by molar-refractivity contribution is 0.282. The minimum atomic E-state index is -3.34. The van der Waals surface area contributed by atoms with Gasteiger partial charge in [0.2, 0.25) is 10.0 Å². The first-order valence-electron chi connectivity index (χ1n) is 5.73. The highest BCUT2D eigenvalue weighted by Crippen LogP contribution is 2.27. The highest BCUT2D eigenvalue weighted by atomic mass is 32.2. The van der Waals surface area contributed by atoms with E-state index >= 15 is 0 Å². The van der Waals surface area contributed by atoms with Crippen LogP contribution in [0.5, 0.6) is 0 Å². The summed E-state index contributed by atoms with van der Waals surface area (Å²) < 4.78 is 26.1. The van der Waals surface area contributed by atoms with Crippen LogP contribution in [0.3, 0.4) is 0 Å². The summed E-state index contributed by atoms with van der Waals surface area (Å²) in [5.74, 6) is 0.213. The summed E-state index contributed by atoms with van der Waals surface area (Å²) in [6, 6.07) is 0.0677. The molecule has 1 aliphatic carbocycles. The Morgan fingerprint density at radius 2 is 2.06 bits per heavy atom. The predicted molar refractivity (Wildman–Crippen MR) is 69.7 cm³/mol. The Morgan fingerprint density at radius 3 is 2.62 bits per heavy atom. The van der Waals surface area contributed by atoms with E-state index in [2.05, 4.69) is 23.9 Å². The molecule has 1 rings (SSSR count). The number of rotatable bonds is 5. The van der Waals surface area contributed by atoms with E-state index in [4.69, 9.17) is 5.73 Å². The first kappa shape index (κ1) is 13.9. The molecule has 1 aliphatic rings. The van der Waals surface area contributed by atoms with Gasteiger partial charge in [-0.2, -0.15) is 0 Å². The monoisotopic (exact) mass is 264 g/mol. The number of thiocarbonyl (C=S) groups is 1. The van der Waals surface area contributed by atoms with Crippen LogP contribution in [0.2, 0.25) is 0 Å². The molecule has 0 amide bonds. The van der Waals surface area contributed by atoms with E-state index in [0.717, 1.165) is 25.7 Å². The summed E-state index contributed by atoms with van der Waals surface area (Å²) in [6.45, 7) is 2.10. The average molecular weight is 264 g/mol. The molecule has 4 nitrogen and oxygen atoms in total. The van der Waals surface area contributed by atoms with Gasteiger partial charge >= 0.3 is 0 Å². The van der Waals surface area contributed by atoms with Crippen molar-refractivity contribution in [1.82, 2.24) is 4.72 Å². The molecule has 0 saturated heterocycles. The quantitative estimate of drug-likeness (QED) is 0.731. The van der Waals surface area contributed by atoms with Crippen LogP contribution in [0.25, 0.3) is 0 Å². The summed E-state index contributed by atoms with van der Waals surface area (Å²) >= 11 is 4.63. The molecule has 0 aliphatic heterocycles. The van der Waals surface area contributed by atoms with E-state index in [9.17, 15) is 8.42 Å². The zero-order valence-electron chi connectivity index (χ0n) is 9.61. The van der Waals surface area contributed by atoms with Gasteiger partial charge in [0.15, 0.2) is 0 Å². The maximum Gasteiger partial charge on any atom is 0.218 e. The topological polar surface area (TPSA) is 72.2 Å². The first-order chi connectivity index (χ1) is 7.44. The van der Waals surface area contributed by atoms with Gasteiger partial charge in [0.05, 0.1) is 4.99 Å². The van der Waals surface area contributed by atoms with Crippen molar-refractivity contribution in [3.63, 3.8) is 0 Å². The largest absolute Gasteiger partial charge is 0.392 e. The molecule has 1 saturated carbocycles. The predicted octanol–water partition coefficient (Wildman–Crippen LogP) is 1.16. The molecule has 16 heavy (non-hydrogen) atoms. The van der Waals surface area contributed by atoms with Gasteiger partial charge in [-0.3, -0.25) is 0 Å². The van der Waals surface area contributed by atoms with Gasteiger partial charge in [0.25, 0.3) is 0 Å². The fourth-order valence-corrected chi connectivity index (χ4v) is 4.01. The lowest BCUT2D eigenvalue weighted by Gasteiger charge is -2.31. The molecule has 94 valence electrons. The third-order valence-electron chi connectivity index (χ3n) is 3.10. The number of sulfonamides is 1. The van der Waals surface area contributed by atoms with Gasteiger partial charge in [-0.25, -0.2) is 13.1 Å². The zero-order chi connectivity index (χ0) is 12.2. The van der Waals surface area contributed by atoms with Crippen molar-refractivity contribution in [3.8, 4) is 0 Å². The third kappa shape index (κ3) is 4.35. The second-order valence-electron chi connectivity index (χ2n) is 4.40. The van der Waals surface area contributed by atoms with Crippen LogP contribution in [0, 0.1) is 5.92 Å². The lowest BCUT2D eigenvalue weighted by Crippen LogP contribution is -2.44. The van der Waals surface area contributed by atoms with Gasteiger partial charge in [0.1, 0.15) is 5.75 Å². The minimum absolute atomic E-state index is 0.0244. The molecular weight excluding hydrogens is 244 g/mol. The van der Waals surface area contributed by atoms with Gasteiger partial charge in [-0.1, -0.05) is 38.4 Å². The normalized spacial score (nSPS) is 26.6. The van der Waals surface area contributed by atoms with Crippen molar-refractivity contribution in [2.45, 2.75) is 45.1 Å². The Balaban J connectivity index is 2.60. The second kappa shape index (κ2) is 5.93. The Morgan fingerprint density at radius 1 is 1.44 bits per heavy atom. The van der Waals surface area contributed by atoms with Crippen molar-refractivity contribution in [2.75, 3.05) is 5.75 Å². The van der Waals surface area contributed by atoms with Crippen molar-refractivity contribution >= 4 is 27.2 Å². The zero-order valence-corrected chi connectivity index (χ0v) is 11.2. The SMILES string of the molecule is CCC1CCCCC1NS(=O)(=O)CC(N)=S. The van der Waals surface area contributed by atoms with E-state index in [1.165, 1.54) is 6.42 Å². The van der Waals surface area contributed by atoms with Gasteiger partial charge in [0, 0.05) is 6.04 Å². The van der Waals surface area contributed by atoms with Gasteiger partial charge in [-0.05, 0) is 18.8 Å². The van der Waals surface area contributed by atoms with Gasteiger partial charge in [-0.15, -0.1) is 0 Å². The highest BCUT2D eigenvalue weighted by Gasteiger charge is 2.27. The molecule has 0 aromatic carbocycles. The molecule has 6 heteroatoms. The van der Waals surface area contributed by atoms with Crippen LogP contribution < -0.4 is 10.5 Å². The smallest absolute Gasteiger partial charge is 0.218 e. The molecule has 0 aromatic rings. The maximum atomic E-state index is 11.7. The number of hydrogen-bond donors (Lipinski definition) is 2. The van der Waals surface area contributed by atoms with E-state index in [0.29, 0.717) is 5.92 Å². The molecule has 3 N–H and O–H groups in total. The summed E-state index contributed by atoms with van der Waals surface area (Å²) in [4.78, 5) is 0.0244. The number of hydrogen-bond acceptors (Lipinski definition) is 3. The summed E-state index contributed by atoms with van der Waals surface area (Å²) in [7, 11) is -3.34. The van der Waals surface area contributed by atoms with Crippen LogP contribution in [-0.2, 0) is 10.0 Å². The average Bonchev–Trinajstić information content (AvgIpc) is 2.15. The van der Waals surface area contributed by atoms with Crippen LogP contribution in [-0.4, -0.2) is 25.2 Å². The van der Waals surface area contributed by atoms with Gasteiger partial charge < -0.3 is 5.73 Å². The van der Waals surface area contributed by atoms with Crippen LogP contribution >= 0.6 is 12.2 Å². The lowest BCUT2D eigenvalue weighted by atomic mass is 9.83. The number of nitrogens with two attached hydrogens (primary N) is 1. The number of nitrogens with one attached hydrogen (secondary N) is 1. The Bertz CT molecular complexity index is 341. The summed E-state index contributed by atoms with van der Waals surface area (Å²) in [5.41, 5.74) is 5.26. The molecule has 0 bridgehead atoms. The van der Waals surface area contributed by atoms with Crippen molar-refractivity contribution in [2.24, 2.45) is 11.7 Å². The Hall–Kier alpha value is -0.200. The molecule has 0 heterocycles. The van der Waals surface area contributed by atoms with Crippen LogP contribution in [0.1, 0.15) is 39.0 Å². The fraction of sp³-hybridized carbons (Fsp3) is 0.900. The molecular formula is C10H20N2O2S2. The standard InChI is InChI=1S/C10H20N2O2S2/c1-2-8-5-3-4-6-9(8)12-16(13,14)7-10(11)15/h8-9,12H,2-7H2,1H3,(H2,11,15). The summed E-state index contributed by atoms with van der Waals surface area (Å²) in [6.07, 6.45) is 5.34. The third-order valence-corrected chi connectivity index (χ3v) is 4.78.